The van der Waals surface area contributed by atoms with E-state index in [1.165, 1.54) is 18.4 Å². The van der Waals surface area contributed by atoms with E-state index in [4.69, 9.17) is 0 Å². The molecule has 1 atom stereocenters. The zero-order chi connectivity index (χ0) is 15.7. The first-order chi connectivity index (χ1) is 10.6. The molecule has 1 aromatic rings. The van der Waals surface area contributed by atoms with Crippen LogP contribution in [0.4, 0.5) is 0 Å². The van der Waals surface area contributed by atoms with Crippen LogP contribution < -0.4 is 5.32 Å². The first-order valence-electron chi connectivity index (χ1n) is 8.32. The molecule has 2 aliphatic rings. The molecular formula is C18H24N2O2. The average molecular weight is 300 g/mol. The van der Waals surface area contributed by atoms with Gasteiger partial charge in [0.15, 0.2) is 5.78 Å². The van der Waals surface area contributed by atoms with Crippen molar-refractivity contribution in [2.45, 2.75) is 64.8 Å². The number of aromatic nitrogens is 1. The quantitative estimate of drug-likeness (QED) is 0.840. The molecule has 2 N–H and O–H groups in total. The molecule has 118 valence electrons. The number of allylic oxidation sites excluding steroid dienone is 1. The standard InChI is InChI=1S/C18H24N2O2/c1-11(13-7-4-3-5-8-13)20-18(22)16-12(2)19-14-9-6-10-15(21)17(14)16/h7,11,19H,3-6,8-10H2,1-2H3,(H,20,22)/t11-/m1/s1. The van der Waals surface area contributed by atoms with Crippen LogP contribution in [0, 0.1) is 6.92 Å². The highest BCUT2D eigenvalue weighted by Gasteiger charge is 2.29. The summed E-state index contributed by atoms with van der Waals surface area (Å²) < 4.78 is 0. The number of hydrogen-bond donors (Lipinski definition) is 2. The van der Waals surface area contributed by atoms with E-state index in [9.17, 15) is 9.59 Å². The van der Waals surface area contributed by atoms with Crippen LogP contribution in [-0.4, -0.2) is 22.7 Å². The van der Waals surface area contributed by atoms with Crippen LogP contribution in [0.2, 0.25) is 0 Å². The van der Waals surface area contributed by atoms with Gasteiger partial charge in [0.05, 0.1) is 11.1 Å². The number of aryl methyl sites for hydroxylation is 2. The SMILES string of the molecule is Cc1[nH]c2c(c1C(=O)N[C@H](C)C1=CCCCC1)C(=O)CCC2. The van der Waals surface area contributed by atoms with Gasteiger partial charge in [0, 0.05) is 23.9 Å². The molecule has 0 unspecified atom stereocenters. The summed E-state index contributed by atoms with van der Waals surface area (Å²) in [6, 6.07) is 0.0384. The molecule has 1 heterocycles. The largest absolute Gasteiger partial charge is 0.361 e. The van der Waals surface area contributed by atoms with Crippen LogP contribution in [0.5, 0.6) is 0 Å². The second-order valence-corrected chi connectivity index (χ2v) is 6.48. The third kappa shape index (κ3) is 2.74. The van der Waals surface area contributed by atoms with Crippen molar-refractivity contribution in [1.82, 2.24) is 10.3 Å². The van der Waals surface area contributed by atoms with Crippen LogP contribution in [0.1, 0.15) is 77.6 Å². The van der Waals surface area contributed by atoms with E-state index in [1.54, 1.807) is 0 Å². The number of ketones is 1. The summed E-state index contributed by atoms with van der Waals surface area (Å²) in [5.74, 6) is -0.0236. The second kappa shape index (κ2) is 6.11. The van der Waals surface area contributed by atoms with Gasteiger partial charge in [-0.2, -0.15) is 0 Å². The first kappa shape index (κ1) is 15.1. The van der Waals surface area contributed by atoms with E-state index in [2.05, 4.69) is 16.4 Å². The van der Waals surface area contributed by atoms with Crippen molar-refractivity contribution in [1.29, 1.82) is 0 Å². The number of fused-ring (bicyclic) bond motifs is 1. The summed E-state index contributed by atoms with van der Waals surface area (Å²) in [7, 11) is 0. The maximum atomic E-state index is 12.7. The zero-order valence-electron chi connectivity index (χ0n) is 13.4. The van der Waals surface area contributed by atoms with E-state index in [-0.39, 0.29) is 17.7 Å². The number of H-pyrrole nitrogens is 1. The van der Waals surface area contributed by atoms with Gasteiger partial charge in [-0.15, -0.1) is 0 Å². The number of aromatic amines is 1. The highest BCUT2D eigenvalue weighted by Crippen LogP contribution is 2.27. The molecule has 0 bridgehead atoms. The molecule has 1 aromatic heterocycles. The molecule has 0 spiro atoms. The number of hydrogen-bond acceptors (Lipinski definition) is 2. The Bertz CT molecular complexity index is 640. The monoisotopic (exact) mass is 300 g/mol. The van der Waals surface area contributed by atoms with Crippen LogP contribution in [-0.2, 0) is 6.42 Å². The number of nitrogens with one attached hydrogen (secondary N) is 2. The van der Waals surface area contributed by atoms with Crippen LogP contribution in [0.25, 0.3) is 0 Å². The highest BCUT2D eigenvalue weighted by molar-refractivity contribution is 6.10. The topological polar surface area (TPSA) is 62.0 Å². The molecule has 0 radical (unpaired) electrons. The fraction of sp³-hybridized carbons (Fsp3) is 0.556. The lowest BCUT2D eigenvalue weighted by atomic mass is 9.92. The number of carbonyl (C=O) groups is 2. The molecule has 0 saturated carbocycles. The van der Waals surface area contributed by atoms with Crippen molar-refractivity contribution >= 4 is 11.7 Å². The molecule has 3 rings (SSSR count). The molecule has 0 saturated heterocycles. The fourth-order valence-corrected chi connectivity index (χ4v) is 3.64. The Kier molecular flexibility index (Phi) is 4.19. The summed E-state index contributed by atoms with van der Waals surface area (Å²) in [5, 5.41) is 3.08. The second-order valence-electron chi connectivity index (χ2n) is 6.48. The van der Waals surface area contributed by atoms with E-state index in [1.807, 2.05) is 13.8 Å². The van der Waals surface area contributed by atoms with Crippen molar-refractivity contribution in [2.24, 2.45) is 0 Å². The molecule has 4 nitrogen and oxygen atoms in total. The molecule has 4 heteroatoms. The molecule has 0 aromatic carbocycles. The normalized spacial score (nSPS) is 19.4. The Labute approximate surface area is 131 Å². The minimum absolute atomic E-state index is 0.0384. The Balaban J connectivity index is 1.82. The molecule has 2 aliphatic carbocycles. The van der Waals surface area contributed by atoms with Crippen molar-refractivity contribution in [3.8, 4) is 0 Å². The summed E-state index contributed by atoms with van der Waals surface area (Å²) in [6.07, 6.45) is 9.12. The minimum Gasteiger partial charge on any atom is -0.361 e. The van der Waals surface area contributed by atoms with Gasteiger partial charge < -0.3 is 10.3 Å². The predicted octanol–water partition coefficient (Wildman–Crippen LogP) is 3.46. The van der Waals surface area contributed by atoms with Gasteiger partial charge in [-0.05, 0) is 52.4 Å². The summed E-state index contributed by atoms with van der Waals surface area (Å²) >= 11 is 0. The van der Waals surface area contributed by atoms with Crippen molar-refractivity contribution in [3.63, 3.8) is 0 Å². The van der Waals surface area contributed by atoms with Crippen LogP contribution >= 0.6 is 0 Å². The Morgan fingerprint density at radius 2 is 2.05 bits per heavy atom. The predicted molar refractivity (Wildman–Crippen MR) is 86.3 cm³/mol. The molecule has 22 heavy (non-hydrogen) atoms. The zero-order valence-corrected chi connectivity index (χ0v) is 13.4. The number of carbonyl (C=O) groups excluding carboxylic acids is 2. The van der Waals surface area contributed by atoms with Crippen molar-refractivity contribution in [3.05, 3.63) is 34.2 Å². The van der Waals surface area contributed by atoms with Crippen molar-refractivity contribution < 1.29 is 9.59 Å². The molecule has 0 fully saturated rings. The lowest BCUT2D eigenvalue weighted by Crippen LogP contribution is -2.35. The van der Waals surface area contributed by atoms with Gasteiger partial charge in [-0.3, -0.25) is 9.59 Å². The number of amides is 1. The number of Topliss-reactive ketones (excluding diaryl/α,β-unsaturated/α-hetero) is 1. The number of rotatable bonds is 3. The molecular weight excluding hydrogens is 276 g/mol. The lowest BCUT2D eigenvalue weighted by Gasteiger charge is -2.21. The lowest BCUT2D eigenvalue weighted by molar-refractivity contribution is 0.0921. The van der Waals surface area contributed by atoms with Crippen LogP contribution in [0.15, 0.2) is 11.6 Å². The van der Waals surface area contributed by atoms with Gasteiger partial charge in [0.25, 0.3) is 5.91 Å². The Hall–Kier alpha value is -1.84. The fourth-order valence-electron chi connectivity index (χ4n) is 3.64. The maximum absolute atomic E-state index is 12.7. The third-order valence-electron chi connectivity index (χ3n) is 4.83. The highest BCUT2D eigenvalue weighted by atomic mass is 16.2. The summed E-state index contributed by atoms with van der Waals surface area (Å²) in [6.45, 7) is 3.91. The summed E-state index contributed by atoms with van der Waals surface area (Å²) in [4.78, 5) is 28.1. The van der Waals surface area contributed by atoms with Gasteiger partial charge in [0.1, 0.15) is 0 Å². The maximum Gasteiger partial charge on any atom is 0.254 e. The van der Waals surface area contributed by atoms with Gasteiger partial charge in [-0.1, -0.05) is 11.6 Å². The molecule has 1 amide bonds. The van der Waals surface area contributed by atoms with E-state index >= 15 is 0 Å². The minimum atomic E-state index is -0.121. The van der Waals surface area contributed by atoms with Gasteiger partial charge in [-0.25, -0.2) is 0 Å². The first-order valence-corrected chi connectivity index (χ1v) is 8.32. The Morgan fingerprint density at radius 1 is 1.23 bits per heavy atom. The van der Waals surface area contributed by atoms with Gasteiger partial charge >= 0.3 is 0 Å². The van der Waals surface area contributed by atoms with E-state index in [0.29, 0.717) is 17.5 Å². The van der Waals surface area contributed by atoms with E-state index in [0.717, 1.165) is 37.1 Å². The molecule has 0 aliphatic heterocycles. The third-order valence-corrected chi connectivity index (χ3v) is 4.83. The van der Waals surface area contributed by atoms with Crippen LogP contribution in [0.3, 0.4) is 0 Å². The summed E-state index contributed by atoms with van der Waals surface area (Å²) in [5.41, 5.74) is 4.24. The van der Waals surface area contributed by atoms with E-state index < -0.39 is 0 Å². The average Bonchev–Trinajstić information content (AvgIpc) is 2.85. The van der Waals surface area contributed by atoms with Crippen molar-refractivity contribution in [2.75, 3.05) is 0 Å². The Morgan fingerprint density at radius 3 is 2.77 bits per heavy atom. The smallest absolute Gasteiger partial charge is 0.254 e. The van der Waals surface area contributed by atoms with Gasteiger partial charge in [0.2, 0.25) is 0 Å².